The molecule has 1 unspecified atom stereocenters. The number of methoxy groups -OCH3 is 1. The third kappa shape index (κ3) is 8.44. The van der Waals surface area contributed by atoms with Crippen molar-refractivity contribution >= 4 is 41.5 Å². The Morgan fingerprint density at radius 2 is 2.04 bits per heavy atom. The van der Waals surface area contributed by atoms with Crippen molar-refractivity contribution in [1.29, 1.82) is 0 Å². The zero-order chi connectivity index (χ0) is 18.6. The van der Waals surface area contributed by atoms with Crippen molar-refractivity contribution in [2.45, 2.75) is 25.2 Å². The van der Waals surface area contributed by atoms with Crippen LogP contribution >= 0.6 is 24.0 Å². The number of anilines is 1. The highest BCUT2D eigenvalue weighted by Gasteiger charge is 2.24. The van der Waals surface area contributed by atoms with Crippen molar-refractivity contribution in [3.8, 4) is 0 Å². The Bertz CT molecular complexity index is 598. The summed E-state index contributed by atoms with van der Waals surface area (Å²) >= 11 is 0. The van der Waals surface area contributed by atoms with Crippen molar-refractivity contribution in [3.05, 3.63) is 29.8 Å². The second-order valence-corrected chi connectivity index (χ2v) is 6.23. The van der Waals surface area contributed by atoms with E-state index in [0.717, 1.165) is 37.6 Å². The average Bonchev–Trinajstić information content (AvgIpc) is 2.66. The third-order valence-corrected chi connectivity index (χ3v) is 4.29. The Morgan fingerprint density at radius 1 is 1.22 bits per heavy atom. The number of nitrogens with zero attached hydrogens (tertiary/aromatic N) is 1. The van der Waals surface area contributed by atoms with Crippen LogP contribution in [-0.2, 0) is 14.3 Å². The molecule has 3 N–H and O–H groups in total. The first-order chi connectivity index (χ1) is 12.7. The van der Waals surface area contributed by atoms with Crippen LogP contribution in [0.2, 0.25) is 0 Å². The van der Waals surface area contributed by atoms with Gasteiger partial charge in [0.1, 0.15) is 0 Å². The molecule has 0 aromatic heterocycles. The van der Waals surface area contributed by atoms with Gasteiger partial charge in [0.05, 0.1) is 13.2 Å². The minimum Gasteiger partial charge on any atom is -0.382 e. The van der Waals surface area contributed by atoms with Crippen molar-refractivity contribution in [3.63, 3.8) is 0 Å². The molecule has 7 nitrogen and oxygen atoms in total. The van der Waals surface area contributed by atoms with Gasteiger partial charge >= 0.3 is 0 Å². The number of para-hydroxylation sites is 1. The van der Waals surface area contributed by atoms with Crippen molar-refractivity contribution in [1.82, 2.24) is 10.6 Å². The Labute approximate surface area is 178 Å². The lowest BCUT2D eigenvalue weighted by Crippen LogP contribution is -2.41. The molecule has 0 fully saturated rings. The maximum absolute atomic E-state index is 11.9. The summed E-state index contributed by atoms with van der Waals surface area (Å²) in [6.07, 6.45) is 2.48. The molecule has 0 radical (unpaired) electrons. The number of rotatable bonds is 10. The summed E-state index contributed by atoms with van der Waals surface area (Å²) < 4.78 is 10.4. The fraction of sp³-hybridized carbons (Fsp3) is 0.579. The lowest BCUT2D eigenvalue weighted by molar-refractivity contribution is -0.116. The van der Waals surface area contributed by atoms with E-state index < -0.39 is 0 Å². The van der Waals surface area contributed by atoms with E-state index in [1.54, 1.807) is 14.2 Å². The van der Waals surface area contributed by atoms with E-state index in [1.807, 2.05) is 18.2 Å². The zero-order valence-corrected chi connectivity index (χ0v) is 18.5. The van der Waals surface area contributed by atoms with Gasteiger partial charge < -0.3 is 25.4 Å². The number of guanidine groups is 1. The van der Waals surface area contributed by atoms with E-state index >= 15 is 0 Å². The van der Waals surface area contributed by atoms with E-state index in [0.29, 0.717) is 26.2 Å². The normalized spacial score (nSPS) is 16.1. The smallest absolute Gasteiger partial charge is 0.225 e. The van der Waals surface area contributed by atoms with Crippen LogP contribution < -0.4 is 16.0 Å². The largest absolute Gasteiger partial charge is 0.382 e. The molecule has 1 aromatic carbocycles. The summed E-state index contributed by atoms with van der Waals surface area (Å²) in [4.78, 5) is 16.1. The van der Waals surface area contributed by atoms with Crippen LogP contribution in [-0.4, -0.2) is 58.9 Å². The number of nitrogens with one attached hydrogen (secondary N) is 3. The molecule has 2 rings (SSSR count). The molecule has 0 aliphatic carbocycles. The highest BCUT2D eigenvalue weighted by molar-refractivity contribution is 14.0. The molecule has 0 saturated carbocycles. The highest BCUT2D eigenvalue weighted by atomic mass is 127. The molecule has 27 heavy (non-hydrogen) atoms. The third-order valence-electron chi connectivity index (χ3n) is 4.29. The first-order valence-electron chi connectivity index (χ1n) is 9.14. The van der Waals surface area contributed by atoms with Crippen LogP contribution in [0.25, 0.3) is 0 Å². The molecule has 1 aromatic rings. The number of benzene rings is 1. The van der Waals surface area contributed by atoms with Crippen molar-refractivity contribution in [2.75, 3.05) is 52.4 Å². The lowest BCUT2D eigenvalue weighted by atomic mass is 9.90. The molecular formula is C19H31IN4O3. The predicted octanol–water partition coefficient (Wildman–Crippen LogP) is 2.34. The molecule has 1 atom stereocenters. The zero-order valence-electron chi connectivity index (χ0n) is 16.1. The number of aliphatic imine (C=N–C) groups is 1. The number of fused-ring (bicyclic) bond motifs is 1. The fourth-order valence-corrected chi connectivity index (χ4v) is 2.90. The maximum Gasteiger partial charge on any atom is 0.225 e. The van der Waals surface area contributed by atoms with Crippen LogP contribution in [0.3, 0.4) is 0 Å². The number of halogens is 1. The molecule has 152 valence electrons. The quantitative estimate of drug-likeness (QED) is 0.203. The van der Waals surface area contributed by atoms with Crippen molar-refractivity contribution in [2.24, 2.45) is 4.99 Å². The topological polar surface area (TPSA) is 84.0 Å². The van der Waals surface area contributed by atoms with Gasteiger partial charge in [-0.15, -0.1) is 24.0 Å². The molecular weight excluding hydrogens is 459 g/mol. The number of carbonyl (C=O) groups excluding carboxylic acids is 1. The number of hydrogen-bond donors (Lipinski definition) is 3. The monoisotopic (exact) mass is 490 g/mol. The van der Waals surface area contributed by atoms with Crippen LogP contribution in [0, 0.1) is 0 Å². The van der Waals surface area contributed by atoms with Gasteiger partial charge in [0, 0.05) is 51.9 Å². The Balaban J connectivity index is 0.00000364. The number of carbonyl (C=O) groups is 1. The second kappa shape index (κ2) is 13.7. The van der Waals surface area contributed by atoms with Crippen LogP contribution in [0.5, 0.6) is 0 Å². The van der Waals surface area contributed by atoms with Gasteiger partial charge in [-0.3, -0.25) is 9.79 Å². The van der Waals surface area contributed by atoms with E-state index in [-0.39, 0.29) is 35.8 Å². The molecule has 1 amide bonds. The Hall–Kier alpha value is -1.39. The standard InChI is InChI=1S/C19H30N4O3.HI/c1-20-19(21-9-5-6-10-26-12-11-25-2)22-14-15-13-18(24)23-17-8-4-3-7-16(15)17;/h3-4,7-8,15H,5-6,9-14H2,1-2H3,(H,23,24)(H2,20,21,22);1H. The van der Waals surface area contributed by atoms with E-state index in [4.69, 9.17) is 9.47 Å². The SMILES string of the molecule is CN=C(NCCCCOCCOC)NCC1CC(=O)Nc2ccccc21.I. The summed E-state index contributed by atoms with van der Waals surface area (Å²) in [5.74, 6) is 0.966. The maximum atomic E-state index is 11.9. The van der Waals surface area contributed by atoms with Gasteiger partial charge in [0.2, 0.25) is 5.91 Å². The fourth-order valence-electron chi connectivity index (χ4n) is 2.90. The minimum atomic E-state index is 0. The number of unbranched alkanes of at least 4 members (excludes halogenated alkanes) is 1. The van der Waals surface area contributed by atoms with Gasteiger partial charge in [-0.05, 0) is 24.5 Å². The van der Waals surface area contributed by atoms with E-state index in [2.05, 4.69) is 27.0 Å². The number of hydrogen-bond acceptors (Lipinski definition) is 4. The van der Waals surface area contributed by atoms with Crippen LogP contribution in [0.4, 0.5) is 5.69 Å². The molecule has 0 spiro atoms. The highest BCUT2D eigenvalue weighted by Crippen LogP contribution is 2.31. The van der Waals surface area contributed by atoms with Crippen LogP contribution in [0.1, 0.15) is 30.7 Å². The first-order valence-corrected chi connectivity index (χ1v) is 9.14. The summed E-state index contributed by atoms with van der Waals surface area (Å²) in [5, 5.41) is 9.56. The number of amides is 1. The molecule has 1 aliphatic rings. The van der Waals surface area contributed by atoms with E-state index in [9.17, 15) is 4.79 Å². The summed E-state index contributed by atoms with van der Waals surface area (Å²) in [6, 6.07) is 7.96. The first kappa shape index (κ1) is 23.6. The minimum absolute atomic E-state index is 0. The number of ether oxygens (including phenoxy) is 2. The van der Waals surface area contributed by atoms with Crippen LogP contribution in [0.15, 0.2) is 29.3 Å². The summed E-state index contributed by atoms with van der Waals surface area (Å²) in [6.45, 7) is 3.52. The van der Waals surface area contributed by atoms with Gasteiger partial charge in [-0.1, -0.05) is 18.2 Å². The molecule has 8 heteroatoms. The van der Waals surface area contributed by atoms with E-state index in [1.165, 1.54) is 5.56 Å². The van der Waals surface area contributed by atoms with Crippen molar-refractivity contribution < 1.29 is 14.3 Å². The Morgan fingerprint density at radius 3 is 2.81 bits per heavy atom. The molecule has 0 saturated heterocycles. The van der Waals surface area contributed by atoms with Gasteiger partial charge in [-0.2, -0.15) is 0 Å². The average molecular weight is 490 g/mol. The van der Waals surface area contributed by atoms with Gasteiger partial charge in [0.15, 0.2) is 5.96 Å². The van der Waals surface area contributed by atoms with Gasteiger partial charge in [0.25, 0.3) is 0 Å². The molecule has 1 heterocycles. The van der Waals surface area contributed by atoms with Gasteiger partial charge in [-0.25, -0.2) is 0 Å². The summed E-state index contributed by atoms with van der Waals surface area (Å²) in [5.41, 5.74) is 2.08. The summed E-state index contributed by atoms with van der Waals surface area (Å²) in [7, 11) is 3.43. The lowest BCUT2D eigenvalue weighted by Gasteiger charge is -2.26. The second-order valence-electron chi connectivity index (χ2n) is 6.23. The Kier molecular flexibility index (Phi) is 12.0. The molecule has 1 aliphatic heterocycles. The molecule has 0 bridgehead atoms. The predicted molar refractivity (Wildman–Crippen MR) is 119 cm³/mol.